The van der Waals surface area contributed by atoms with Crippen LogP contribution in [0.25, 0.3) is 0 Å². The summed E-state index contributed by atoms with van der Waals surface area (Å²) in [6.45, 7) is 6.69. The summed E-state index contributed by atoms with van der Waals surface area (Å²) in [4.78, 5) is 53.1. The van der Waals surface area contributed by atoms with Crippen LogP contribution >= 0.6 is 11.6 Å². The van der Waals surface area contributed by atoms with E-state index in [9.17, 15) is 24.3 Å². The van der Waals surface area contributed by atoms with Crippen LogP contribution in [0.2, 0.25) is 5.02 Å². The number of hydrogen-bond acceptors (Lipinski definition) is 7. The van der Waals surface area contributed by atoms with Gasteiger partial charge in [-0.2, -0.15) is 0 Å². The molecule has 0 aliphatic carbocycles. The molecule has 4 N–H and O–H groups in total. The van der Waals surface area contributed by atoms with Crippen LogP contribution in [0.4, 0.5) is 15.3 Å². The Kier molecular flexibility index (Phi) is 11.8. The second kappa shape index (κ2) is 15.1. The molecule has 1 aliphatic rings. The number of aliphatic hydroxyl groups is 1. The molecule has 0 saturated carbocycles. The summed E-state index contributed by atoms with van der Waals surface area (Å²) < 4.78 is 10.8. The number of rotatable bonds is 10. The number of nitrogens with one attached hydrogen (secondary N) is 3. The Hall–Kier alpha value is -3.83. The number of halogens is 1. The number of piperidine rings is 1. The predicted octanol–water partition coefficient (Wildman–Crippen LogP) is 4.26. The Morgan fingerprint density at radius 1 is 1.02 bits per heavy atom. The van der Waals surface area contributed by atoms with Crippen LogP contribution in [0.1, 0.15) is 51.7 Å². The Balaban J connectivity index is 1.68. The molecule has 0 radical (unpaired) electrons. The number of anilines is 1. The average molecular weight is 617 g/mol. The normalized spacial score (nSPS) is 15.2. The third kappa shape index (κ3) is 9.86. The van der Waals surface area contributed by atoms with Gasteiger partial charge >= 0.3 is 12.2 Å². The molecule has 3 rings (SSSR count). The van der Waals surface area contributed by atoms with Gasteiger partial charge in [-0.1, -0.05) is 48.9 Å². The quantitative estimate of drug-likeness (QED) is 0.312. The number of hydrogen-bond donors (Lipinski definition) is 4. The first-order chi connectivity index (χ1) is 20.4. The Morgan fingerprint density at radius 2 is 1.67 bits per heavy atom. The molecule has 1 aliphatic heterocycles. The van der Waals surface area contributed by atoms with Gasteiger partial charge in [0, 0.05) is 30.3 Å². The number of likely N-dealkylation sites (tertiary alicyclic amines) is 1. The maximum absolute atomic E-state index is 13.6. The third-order valence-corrected chi connectivity index (χ3v) is 7.54. The zero-order chi connectivity index (χ0) is 31.6. The monoisotopic (exact) mass is 616 g/mol. The zero-order valence-corrected chi connectivity index (χ0v) is 25.8. The van der Waals surface area contributed by atoms with Crippen molar-refractivity contribution in [1.29, 1.82) is 0 Å². The van der Waals surface area contributed by atoms with E-state index in [1.165, 1.54) is 4.90 Å². The molecule has 2 aromatic carbocycles. The Labute approximate surface area is 257 Å². The van der Waals surface area contributed by atoms with Gasteiger partial charge in [0.15, 0.2) is 0 Å². The molecule has 0 spiro atoms. The van der Waals surface area contributed by atoms with Gasteiger partial charge in [0.1, 0.15) is 18.2 Å². The van der Waals surface area contributed by atoms with Crippen LogP contribution in [0.15, 0.2) is 48.5 Å². The first kappa shape index (κ1) is 33.7. The lowest BCUT2D eigenvalue weighted by Gasteiger charge is -2.41. The molecule has 43 heavy (non-hydrogen) atoms. The molecule has 234 valence electrons. The van der Waals surface area contributed by atoms with Crippen molar-refractivity contribution in [2.24, 2.45) is 5.41 Å². The summed E-state index contributed by atoms with van der Waals surface area (Å²) in [5, 5.41) is 18.3. The molecule has 11 nitrogen and oxygen atoms in total. The first-order valence-electron chi connectivity index (χ1n) is 14.3. The van der Waals surface area contributed by atoms with Gasteiger partial charge in [-0.15, -0.1) is 0 Å². The maximum Gasteiger partial charge on any atom is 0.411 e. The highest BCUT2D eigenvalue weighted by molar-refractivity contribution is 6.31. The fourth-order valence-electron chi connectivity index (χ4n) is 4.63. The number of benzene rings is 2. The van der Waals surface area contributed by atoms with E-state index in [1.54, 1.807) is 51.1 Å². The Morgan fingerprint density at radius 3 is 2.26 bits per heavy atom. The van der Waals surface area contributed by atoms with E-state index < -0.39 is 41.8 Å². The summed E-state index contributed by atoms with van der Waals surface area (Å²) in [5.41, 5.74) is 0.509. The summed E-state index contributed by atoms with van der Waals surface area (Å²) in [6, 6.07) is 13.3. The molecule has 12 heteroatoms. The molecule has 2 aromatic rings. The minimum Gasteiger partial charge on any atom is -0.448 e. The maximum atomic E-state index is 13.6. The summed E-state index contributed by atoms with van der Waals surface area (Å²) in [5.74, 6) is -0.849. The molecule has 1 heterocycles. The molecule has 1 fully saturated rings. The molecule has 0 aromatic heterocycles. The summed E-state index contributed by atoms with van der Waals surface area (Å²) >= 11 is 6.26. The van der Waals surface area contributed by atoms with Crippen LogP contribution in [0, 0.1) is 5.41 Å². The molecule has 0 bridgehead atoms. The lowest BCUT2D eigenvalue weighted by molar-refractivity contribution is -0.144. The van der Waals surface area contributed by atoms with E-state index in [0.717, 1.165) is 17.5 Å². The van der Waals surface area contributed by atoms with E-state index >= 15 is 0 Å². The van der Waals surface area contributed by atoms with Gasteiger partial charge in [-0.05, 0) is 69.4 Å². The van der Waals surface area contributed by atoms with Gasteiger partial charge in [-0.25, -0.2) is 9.59 Å². The first-order valence-corrected chi connectivity index (χ1v) is 14.7. The van der Waals surface area contributed by atoms with E-state index in [4.69, 9.17) is 21.1 Å². The van der Waals surface area contributed by atoms with E-state index in [2.05, 4.69) is 16.0 Å². The number of nitrogens with zero attached hydrogens (tertiary/aromatic N) is 1. The van der Waals surface area contributed by atoms with E-state index in [1.807, 2.05) is 25.1 Å². The van der Waals surface area contributed by atoms with Gasteiger partial charge in [-0.3, -0.25) is 14.9 Å². The van der Waals surface area contributed by atoms with Crippen molar-refractivity contribution in [1.82, 2.24) is 15.5 Å². The van der Waals surface area contributed by atoms with Gasteiger partial charge < -0.3 is 30.1 Å². The van der Waals surface area contributed by atoms with Crippen molar-refractivity contribution in [2.45, 2.75) is 65.1 Å². The molecule has 4 amide bonds. The van der Waals surface area contributed by atoms with Crippen molar-refractivity contribution >= 4 is 41.3 Å². The SMILES string of the molecule is CCc1ccc(NC(=O)OCC2(C(=O)NCc3ccccc3Cl)CCN(C(=O)C(CO)NC(=O)OC(C)(C)C)CC2)cc1. The number of carbonyl (C=O) groups is 4. The zero-order valence-electron chi connectivity index (χ0n) is 25.1. The highest BCUT2D eigenvalue weighted by atomic mass is 35.5. The molecular weight excluding hydrogens is 576 g/mol. The number of carbonyl (C=O) groups excluding carboxylic acids is 4. The second-order valence-electron chi connectivity index (χ2n) is 11.5. The predicted molar refractivity (Wildman–Crippen MR) is 163 cm³/mol. The van der Waals surface area contributed by atoms with Crippen molar-refractivity contribution in [3.05, 3.63) is 64.7 Å². The highest BCUT2D eigenvalue weighted by Gasteiger charge is 2.44. The third-order valence-electron chi connectivity index (χ3n) is 7.17. The van der Waals surface area contributed by atoms with Crippen LogP contribution in [0.5, 0.6) is 0 Å². The lowest BCUT2D eigenvalue weighted by Crippen LogP contribution is -2.57. The minimum atomic E-state index is -1.21. The Bertz CT molecular complexity index is 1270. The summed E-state index contributed by atoms with van der Waals surface area (Å²) in [6.07, 6.45) is -0.310. The smallest absolute Gasteiger partial charge is 0.411 e. The van der Waals surface area contributed by atoms with Gasteiger partial charge in [0.25, 0.3) is 0 Å². The number of aryl methyl sites for hydroxylation is 1. The van der Waals surface area contributed by atoms with Crippen molar-refractivity contribution in [2.75, 3.05) is 31.6 Å². The second-order valence-corrected chi connectivity index (χ2v) is 11.9. The molecule has 1 atom stereocenters. The number of aliphatic hydroxyl groups excluding tert-OH is 1. The van der Waals surface area contributed by atoms with Gasteiger partial charge in [0.2, 0.25) is 11.8 Å². The largest absolute Gasteiger partial charge is 0.448 e. The number of alkyl carbamates (subject to hydrolysis) is 1. The number of amides is 4. The fraction of sp³-hybridized carbons (Fsp3) is 0.484. The molecular formula is C31H41ClN4O7. The van der Waals surface area contributed by atoms with Crippen molar-refractivity contribution in [3.63, 3.8) is 0 Å². The molecule has 1 unspecified atom stereocenters. The highest BCUT2D eigenvalue weighted by Crippen LogP contribution is 2.33. The van der Waals surface area contributed by atoms with E-state index in [-0.39, 0.29) is 45.0 Å². The van der Waals surface area contributed by atoms with Crippen LogP contribution < -0.4 is 16.0 Å². The van der Waals surface area contributed by atoms with Crippen molar-refractivity contribution in [3.8, 4) is 0 Å². The minimum absolute atomic E-state index is 0.133. The standard InChI is InChI=1S/C31H41ClN4O7/c1-5-21-10-12-23(13-11-21)34-28(40)42-20-31(27(39)33-18-22-8-6-7-9-24(22)32)14-16-36(17-15-31)26(38)25(19-37)35-29(41)43-30(2,3)4/h6-13,25,37H,5,14-20H2,1-4H3,(H,33,39)(H,34,40)(H,35,41). The summed E-state index contributed by atoms with van der Waals surface area (Å²) in [7, 11) is 0. The fourth-order valence-corrected chi connectivity index (χ4v) is 4.84. The van der Waals surface area contributed by atoms with Crippen molar-refractivity contribution < 1.29 is 33.8 Å². The molecule has 1 saturated heterocycles. The number of ether oxygens (including phenoxy) is 2. The lowest BCUT2D eigenvalue weighted by atomic mass is 9.78. The van der Waals surface area contributed by atoms with E-state index in [0.29, 0.717) is 10.7 Å². The van der Waals surface area contributed by atoms with Gasteiger partial charge in [0.05, 0.1) is 12.0 Å². The van der Waals surface area contributed by atoms with Crippen LogP contribution in [0.3, 0.4) is 0 Å². The average Bonchev–Trinajstić information content (AvgIpc) is 2.97. The van der Waals surface area contributed by atoms with Crippen LogP contribution in [-0.4, -0.2) is 72.0 Å². The van der Waals surface area contributed by atoms with Crippen LogP contribution in [-0.2, 0) is 32.0 Å². The topological polar surface area (TPSA) is 146 Å².